The highest BCUT2D eigenvalue weighted by atomic mass is 16.5. The first-order chi connectivity index (χ1) is 8.72. The van der Waals surface area contributed by atoms with E-state index < -0.39 is 0 Å². The zero-order valence-corrected chi connectivity index (χ0v) is 11.3. The minimum Gasteiger partial charge on any atom is -0.467 e. The number of aromatic nitrogens is 3. The van der Waals surface area contributed by atoms with E-state index >= 15 is 0 Å². The molecular formula is C12H21N5O. The van der Waals surface area contributed by atoms with Gasteiger partial charge in [-0.05, 0) is 25.2 Å². The first-order valence-corrected chi connectivity index (χ1v) is 6.48. The van der Waals surface area contributed by atoms with E-state index in [1.54, 1.807) is 7.11 Å². The molecule has 0 atom stereocenters. The van der Waals surface area contributed by atoms with Crippen LogP contribution in [0.5, 0.6) is 6.01 Å². The van der Waals surface area contributed by atoms with E-state index in [1.807, 2.05) is 7.05 Å². The minimum absolute atomic E-state index is 0.362. The summed E-state index contributed by atoms with van der Waals surface area (Å²) in [5.74, 6) is 2.05. The van der Waals surface area contributed by atoms with Crippen molar-refractivity contribution in [2.75, 3.05) is 37.5 Å². The highest BCUT2D eigenvalue weighted by Gasteiger charge is 2.24. The molecule has 0 unspecified atom stereocenters. The molecule has 1 fully saturated rings. The van der Waals surface area contributed by atoms with Crippen molar-refractivity contribution in [3.63, 3.8) is 0 Å². The summed E-state index contributed by atoms with van der Waals surface area (Å²) < 4.78 is 5.12. The van der Waals surface area contributed by atoms with Crippen LogP contribution >= 0.6 is 0 Å². The van der Waals surface area contributed by atoms with E-state index in [9.17, 15) is 0 Å². The van der Waals surface area contributed by atoms with Gasteiger partial charge in [0, 0.05) is 20.1 Å². The maximum atomic E-state index is 5.12. The molecule has 1 saturated carbocycles. The molecule has 2 rings (SSSR count). The largest absolute Gasteiger partial charge is 0.467 e. The Bertz CT molecular complexity index is 394. The van der Waals surface area contributed by atoms with Crippen molar-refractivity contribution >= 4 is 11.9 Å². The van der Waals surface area contributed by atoms with Crippen molar-refractivity contribution in [2.45, 2.75) is 26.2 Å². The van der Waals surface area contributed by atoms with Gasteiger partial charge < -0.3 is 15.0 Å². The summed E-state index contributed by atoms with van der Waals surface area (Å²) in [6, 6.07) is 0.362. The van der Waals surface area contributed by atoms with Crippen molar-refractivity contribution in [1.29, 1.82) is 0 Å². The molecule has 0 aromatic carbocycles. The number of rotatable bonds is 7. The van der Waals surface area contributed by atoms with Gasteiger partial charge in [0.25, 0.3) is 0 Å². The summed E-state index contributed by atoms with van der Waals surface area (Å²) in [6.45, 7) is 3.95. The fraction of sp³-hybridized carbons (Fsp3) is 0.750. The van der Waals surface area contributed by atoms with Gasteiger partial charge in [-0.15, -0.1) is 0 Å². The molecule has 0 spiro atoms. The molecular weight excluding hydrogens is 230 g/mol. The van der Waals surface area contributed by atoms with Crippen LogP contribution in [0.25, 0.3) is 0 Å². The van der Waals surface area contributed by atoms with Gasteiger partial charge in [-0.2, -0.15) is 15.0 Å². The van der Waals surface area contributed by atoms with Crippen LogP contribution in [-0.4, -0.2) is 42.2 Å². The topological polar surface area (TPSA) is 63.2 Å². The van der Waals surface area contributed by atoms with Crippen molar-refractivity contribution < 1.29 is 4.74 Å². The molecule has 0 saturated heterocycles. The molecule has 0 bridgehead atoms. The van der Waals surface area contributed by atoms with Crippen LogP contribution in [0.1, 0.15) is 26.2 Å². The van der Waals surface area contributed by atoms with Crippen molar-refractivity contribution in [3.05, 3.63) is 0 Å². The fourth-order valence-electron chi connectivity index (χ4n) is 1.69. The maximum Gasteiger partial charge on any atom is 0.322 e. The maximum absolute atomic E-state index is 5.12. The molecule has 1 N–H and O–H groups in total. The number of anilines is 2. The molecule has 6 heteroatoms. The van der Waals surface area contributed by atoms with E-state index in [-0.39, 0.29) is 0 Å². The SMILES string of the molecule is CCCNc1nc(OC)nc(N(C)CC2CC2)n1. The summed E-state index contributed by atoms with van der Waals surface area (Å²) in [4.78, 5) is 14.9. The summed E-state index contributed by atoms with van der Waals surface area (Å²) in [6.07, 6.45) is 3.66. The molecule has 1 aliphatic rings. The second kappa shape index (κ2) is 5.84. The van der Waals surface area contributed by atoms with Crippen LogP contribution in [0.3, 0.4) is 0 Å². The van der Waals surface area contributed by atoms with E-state index in [0.717, 1.165) is 25.4 Å². The number of nitrogens with one attached hydrogen (secondary N) is 1. The van der Waals surface area contributed by atoms with Gasteiger partial charge >= 0.3 is 6.01 Å². The zero-order valence-electron chi connectivity index (χ0n) is 11.3. The van der Waals surface area contributed by atoms with Gasteiger partial charge in [-0.3, -0.25) is 0 Å². The lowest BCUT2D eigenvalue weighted by molar-refractivity contribution is 0.378. The molecule has 100 valence electrons. The van der Waals surface area contributed by atoms with Crippen LogP contribution in [0.15, 0.2) is 0 Å². The summed E-state index contributed by atoms with van der Waals surface area (Å²) in [5.41, 5.74) is 0. The second-order valence-corrected chi connectivity index (χ2v) is 4.70. The number of nitrogens with zero attached hydrogens (tertiary/aromatic N) is 4. The summed E-state index contributed by atoms with van der Waals surface area (Å²) in [7, 11) is 3.58. The van der Waals surface area contributed by atoms with Crippen LogP contribution < -0.4 is 15.0 Å². The van der Waals surface area contributed by atoms with Crippen LogP contribution in [0, 0.1) is 5.92 Å². The molecule has 6 nitrogen and oxygen atoms in total. The van der Waals surface area contributed by atoms with Crippen molar-refractivity contribution in [3.8, 4) is 6.01 Å². The third-order valence-corrected chi connectivity index (χ3v) is 2.89. The lowest BCUT2D eigenvalue weighted by atomic mass is 10.4. The molecule has 1 aliphatic carbocycles. The highest BCUT2D eigenvalue weighted by molar-refractivity contribution is 5.37. The van der Waals surface area contributed by atoms with E-state index in [2.05, 4.69) is 32.1 Å². The highest BCUT2D eigenvalue weighted by Crippen LogP contribution is 2.30. The Balaban J connectivity index is 2.10. The molecule has 1 aromatic heterocycles. The Morgan fingerprint density at radius 2 is 2.11 bits per heavy atom. The first kappa shape index (κ1) is 12.9. The van der Waals surface area contributed by atoms with E-state index in [1.165, 1.54) is 12.8 Å². The third kappa shape index (κ3) is 3.45. The first-order valence-electron chi connectivity index (χ1n) is 6.48. The van der Waals surface area contributed by atoms with Crippen molar-refractivity contribution in [1.82, 2.24) is 15.0 Å². The average Bonchev–Trinajstić information content (AvgIpc) is 3.19. The molecule has 0 radical (unpaired) electrons. The fourth-order valence-corrected chi connectivity index (χ4v) is 1.69. The molecule has 1 heterocycles. The van der Waals surface area contributed by atoms with Gasteiger partial charge in [0.1, 0.15) is 0 Å². The van der Waals surface area contributed by atoms with Gasteiger partial charge in [0.05, 0.1) is 7.11 Å². The molecule has 0 aliphatic heterocycles. The third-order valence-electron chi connectivity index (χ3n) is 2.89. The lowest BCUT2D eigenvalue weighted by Gasteiger charge is -2.17. The Hall–Kier alpha value is -1.59. The minimum atomic E-state index is 0.362. The Labute approximate surface area is 108 Å². The predicted octanol–water partition coefficient (Wildman–Crippen LogP) is 1.55. The lowest BCUT2D eigenvalue weighted by Crippen LogP contribution is -2.23. The van der Waals surface area contributed by atoms with Crippen LogP contribution in [-0.2, 0) is 0 Å². The number of hydrogen-bond acceptors (Lipinski definition) is 6. The number of ether oxygens (including phenoxy) is 1. The average molecular weight is 251 g/mol. The van der Waals surface area contributed by atoms with Gasteiger partial charge in [0.15, 0.2) is 0 Å². The second-order valence-electron chi connectivity index (χ2n) is 4.70. The zero-order chi connectivity index (χ0) is 13.0. The Morgan fingerprint density at radius 1 is 1.33 bits per heavy atom. The smallest absolute Gasteiger partial charge is 0.322 e. The quantitative estimate of drug-likeness (QED) is 0.793. The van der Waals surface area contributed by atoms with Crippen molar-refractivity contribution in [2.24, 2.45) is 5.92 Å². The van der Waals surface area contributed by atoms with Gasteiger partial charge in [-0.25, -0.2) is 0 Å². The monoisotopic (exact) mass is 251 g/mol. The summed E-state index contributed by atoms with van der Waals surface area (Å²) >= 11 is 0. The van der Waals surface area contributed by atoms with Crippen LogP contribution in [0.2, 0.25) is 0 Å². The Kier molecular flexibility index (Phi) is 4.17. The predicted molar refractivity (Wildman–Crippen MR) is 71.2 cm³/mol. The van der Waals surface area contributed by atoms with Gasteiger partial charge in [0.2, 0.25) is 11.9 Å². The van der Waals surface area contributed by atoms with Gasteiger partial charge in [-0.1, -0.05) is 6.92 Å². The standard InChI is InChI=1S/C12H21N5O/c1-4-7-13-10-14-11(16-12(15-10)18-3)17(2)8-9-5-6-9/h9H,4-8H2,1-3H3,(H,13,14,15,16). The Morgan fingerprint density at radius 3 is 2.72 bits per heavy atom. The van der Waals surface area contributed by atoms with E-state index in [4.69, 9.17) is 4.74 Å². The number of hydrogen-bond donors (Lipinski definition) is 1. The molecule has 1 aromatic rings. The van der Waals surface area contributed by atoms with E-state index in [0.29, 0.717) is 17.9 Å². The molecule has 0 amide bonds. The van der Waals surface area contributed by atoms with Crippen LogP contribution in [0.4, 0.5) is 11.9 Å². The summed E-state index contributed by atoms with van der Waals surface area (Å²) in [5, 5.41) is 3.16. The number of methoxy groups -OCH3 is 1. The normalized spacial score (nSPS) is 14.4. The molecule has 18 heavy (non-hydrogen) atoms.